The van der Waals surface area contributed by atoms with E-state index in [-0.39, 0.29) is 21.7 Å². The van der Waals surface area contributed by atoms with Gasteiger partial charge in [0.1, 0.15) is 0 Å². The fourth-order valence-corrected chi connectivity index (χ4v) is 0. The smallest absolute Gasteiger partial charge is 0.516 e. The van der Waals surface area contributed by atoms with Crippen molar-refractivity contribution in [3.05, 3.63) is 40.0 Å². The minimum absolute atomic E-state index is 0. The number of rotatable bonds is 0. The van der Waals surface area contributed by atoms with Crippen LogP contribution < -0.4 is 0 Å². The van der Waals surface area contributed by atoms with E-state index < -0.39 is 0 Å². The molecule has 0 radical (unpaired) electrons. The largest absolute Gasteiger partial charge is 4.00 e. The zero-order valence-corrected chi connectivity index (χ0v) is 11.5. The maximum Gasteiger partial charge on any atom is 4.00 e. The van der Waals surface area contributed by atoms with Crippen molar-refractivity contribution in [3.63, 3.8) is 0 Å². The van der Waals surface area contributed by atoms with Gasteiger partial charge in [-0.3, -0.25) is 0 Å². The molecule has 0 aliphatic heterocycles. The standard InChI is InChI=1S/C3H6O.4C2H5.Ti/c1-2-3-4;4*1-2;/h2-4H,1H3;4*1H2,2H3;/q;4*-1;+4. The molecule has 0 aromatic heterocycles. The molecule has 0 heterocycles. The van der Waals surface area contributed by atoms with Crippen LogP contribution in [0.3, 0.4) is 0 Å². The van der Waals surface area contributed by atoms with Gasteiger partial charge in [-0.15, -0.1) is 0 Å². The molecule has 1 N–H and O–H groups in total. The van der Waals surface area contributed by atoms with Gasteiger partial charge < -0.3 is 32.8 Å². The Hall–Kier alpha value is 0.254. The predicted molar refractivity (Wildman–Crippen MR) is 61.6 cm³/mol. The van der Waals surface area contributed by atoms with Crippen LogP contribution in [0.5, 0.6) is 0 Å². The van der Waals surface area contributed by atoms with Gasteiger partial charge in [0, 0.05) is 0 Å². The van der Waals surface area contributed by atoms with Crippen molar-refractivity contribution in [2.24, 2.45) is 0 Å². The van der Waals surface area contributed by atoms with E-state index in [0.29, 0.717) is 0 Å². The van der Waals surface area contributed by atoms with E-state index in [1.165, 1.54) is 0 Å². The second-order valence-electron chi connectivity index (χ2n) is 0.482. The van der Waals surface area contributed by atoms with Crippen LogP contribution >= 0.6 is 0 Å². The number of hydrogen-bond donors (Lipinski definition) is 1. The quantitative estimate of drug-likeness (QED) is 0.365. The minimum atomic E-state index is 0. The number of aliphatic hydroxyl groups is 1. The van der Waals surface area contributed by atoms with Gasteiger partial charge in [-0.05, 0) is 6.92 Å². The van der Waals surface area contributed by atoms with Crippen molar-refractivity contribution in [1.82, 2.24) is 0 Å². The van der Waals surface area contributed by atoms with Crippen molar-refractivity contribution in [2.45, 2.75) is 34.6 Å². The minimum Gasteiger partial charge on any atom is -0.516 e. The van der Waals surface area contributed by atoms with Gasteiger partial charge >= 0.3 is 21.7 Å². The average Bonchev–Trinajstić information content (AvgIpc) is 2.29. The molecule has 0 aromatic rings. The molecule has 0 spiro atoms. The van der Waals surface area contributed by atoms with Crippen LogP contribution in [0.4, 0.5) is 0 Å². The van der Waals surface area contributed by atoms with E-state index in [4.69, 9.17) is 5.11 Å². The molecular formula is C11H26OTi. The first-order chi connectivity index (χ1) is 5.91. The zero-order valence-electron chi connectivity index (χ0n) is 9.93. The third-order valence-corrected chi connectivity index (χ3v) is 0.149. The Morgan fingerprint density at radius 3 is 0.846 bits per heavy atom. The topological polar surface area (TPSA) is 20.2 Å². The van der Waals surface area contributed by atoms with Crippen LogP contribution in [-0.2, 0) is 21.7 Å². The first-order valence-corrected chi connectivity index (χ1v) is 4.00. The molecule has 0 atom stereocenters. The third-order valence-electron chi connectivity index (χ3n) is 0.149. The molecule has 1 nitrogen and oxygen atoms in total. The molecule has 0 aliphatic rings. The number of aliphatic hydroxyl groups excluding tert-OH is 1. The van der Waals surface area contributed by atoms with Crippen LogP contribution in [0.25, 0.3) is 0 Å². The first-order valence-electron chi connectivity index (χ1n) is 4.00. The molecule has 0 saturated heterocycles. The van der Waals surface area contributed by atoms with Gasteiger partial charge in [0.15, 0.2) is 0 Å². The Labute approximate surface area is 102 Å². The fraction of sp³-hybridized carbons (Fsp3) is 0.455. The Kier molecular flexibility index (Phi) is 889. The van der Waals surface area contributed by atoms with Crippen LogP contribution in [-0.4, -0.2) is 5.11 Å². The number of allylic oxidation sites excluding steroid dienone is 1. The van der Waals surface area contributed by atoms with Crippen LogP contribution in [0.15, 0.2) is 12.3 Å². The predicted octanol–water partition coefficient (Wildman–Crippen LogP) is 4.44. The van der Waals surface area contributed by atoms with Gasteiger partial charge in [0.05, 0.1) is 6.26 Å². The maximum atomic E-state index is 7.69. The van der Waals surface area contributed by atoms with E-state index in [9.17, 15) is 0 Å². The van der Waals surface area contributed by atoms with Crippen molar-refractivity contribution >= 4 is 0 Å². The summed E-state index contributed by atoms with van der Waals surface area (Å²) < 4.78 is 0. The molecule has 0 unspecified atom stereocenters. The van der Waals surface area contributed by atoms with Gasteiger partial charge in [-0.2, -0.15) is 27.7 Å². The van der Waals surface area contributed by atoms with Crippen molar-refractivity contribution in [3.8, 4) is 0 Å². The van der Waals surface area contributed by atoms with Crippen molar-refractivity contribution in [2.75, 3.05) is 0 Å². The second-order valence-corrected chi connectivity index (χ2v) is 0.482. The molecule has 0 saturated carbocycles. The Bertz CT molecular complexity index is 25.3. The van der Waals surface area contributed by atoms with Gasteiger partial charge in [-0.25, -0.2) is 0 Å². The van der Waals surface area contributed by atoms with Gasteiger partial charge in [0.25, 0.3) is 0 Å². The summed E-state index contributed by atoms with van der Waals surface area (Å²) >= 11 is 0. The molecule has 13 heavy (non-hydrogen) atoms. The second kappa shape index (κ2) is 305. The van der Waals surface area contributed by atoms with E-state index in [0.717, 1.165) is 6.26 Å². The monoisotopic (exact) mass is 222 g/mol. The summed E-state index contributed by atoms with van der Waals surface area (Å²) in [7, 11) is 0. The summed E-state index contributed by atoms with van der Waals surface area (Å²) in [4.78, 5) is 0. The van der Waals surface area contributed by atoms with E-state index >= 15 is 0 Å². The average molecular weight is 222 g/mol. The van der Waals surface area contributed by atoms with Crippen molar-refractivity contribution in [1.29, 1.82) is 0 Å². The summed E-state index contributed by atoms with van der Waals surface area (Å²) in [5, 5.41) is 7.69. The molecule has 0 rings (SSSR count). The molecule has 0 aliphatic carbocycles. The molecule has 0 amide bonds. The molecule has 80 valence electrons. The van der Waals surface area contributed by atoms with Gasteiger partial charge in [0.2, 0.25) is 0 Å². The normalized spacial score (nSPS) is 4.69. The molecular weight excluding hydrogens is 196 g/mol. The first kappa shape index (κ1) is 37.8. The maximum absolute atomic E-state index is 7.69. The summed E-state index contributed by atoms with van der Waals surface area (Å²) in [6.45, 7) is 21.8. The SMILES string of the molecule is CC=CO.[CH2-]C.[CH2-]C.[CH2-]C.[CH2-]C.[Ti+4]. The summed E-state index contributed by atoms with van der Waals surface area (Å²) in [6, 6.07) is 0. The molecule has 2 heteroatoms. The third kappa shape index (κ3) is 819. The summed E-state index contributed by atoms with van der Waals surface area (Å²) in [5.41, 5.74) is 0. The molecule has 0 aromatic carbocycles. The van der Waals surface area contributed by atoms with Gasteiger partial charge in [-0.1, -0.05) is 6.08 Å². The Balaban J connectivity index is -0.0000000122. The Morgan fingerprint density at radius 1 is 0.769 bits per heavy atom. The van der Waals surface area contributed by atoms with E-state index in [2.05, 4.69) is 27.7 Å². The molecule has 0 bridgehead atoms. The molecule has 0 fully saturated rings. The van der Waals surface area contributed by atoms with Crippen molar-refractivity contribution < 1.29 is 26.8 Å². The fourth-order valence-electron chi connectivity index (χ4n) is 0. The van der Waals surface area contributed by atoms with Crippen LogP contribution in [0, 0.1) is 27.7 Å². The Morgan fingerprint density at radius 2 is 0.846 bits per heavy atom. The van der Waals surface area contributed by atoms with E-state index in [1.54, 1.807) is 40.7 Å². The van der Waals surface area contributed by atoms with Crippen LogP contribution in [0.2, 0.25) is 0 Å². The zero-order chi connectivity index (χ0) is 11.4. The van der Waals surface area contributed by atoms with Crippen LogP contribution in [0.1, 0.15) is 34.6 Å². The summed E-state index contributed by atoms with van der Waals surface area (Å²) in [5.74, 6) is 0. The van der Waals surface area contributed by atoms with E-state index in [1.807, 2.05) is 0 Å². The number of hydrogen-bond acceptors (Lipinski definition) is 1. The summed E-state index contributed by atoms with van der Waals surface area (Å²) in [6.07, 6.45) is 2.56.